The summed E-state index contributed by atoms with van der Waals surface area (Å²) in [6, 6.07) is 16.4. The lowest BCUT2D eigenvalue weighted by molar-refractivity contribution is -0.138. The van der Waals surface area contributed by atoms with Crippen molar-refractivity contribution in [1.82, 2.24) is 10.6 Å². The van der Waals surface area contributed by atoms with E-state index in [9.17, 15) is 14.4 Å². The van der Waals surface area contributed by atoms with Crippen LogP contribution in [0.2, 0.25) is 0 Å². The van der Waals surface area contributed by atoms with E-state index in [4.69, 9.17) is 9.84 Å². The molecule has 7 heteroatoms. The topological polar surface area (TPSA) is 105 Å². The quantitative estimate of drug-likeness (QED) is 0.388. The molecule has 1 saturated carbocycles. The summed E-state index contributed by atoms with van der Waals surface area (Å²) >= 11 is 0. The van der Waals surface area contributed by atoms with Crippen molar-refractivity contribution in [2.24, 2.45) is 17.8 Å². The minimum absolute atomic E-state index is 0.0129. The average Bonchev–Trinajstić information content (AvgIpc) is 3.65. The molecule has 2 unspecified atom stereocenters. The van der Waals surface area contributed by atoms with E-state index in [0.29, 0.717) is 31.8 Å². The first-order chi connectivity index (χ1) is 16.9. The molecule has 2 atom stereocenters. The minimum atomic E-state index is -0.816. The summed E-state index contributed by atoms with van der Waals surface area (Å²) in [4.78, 5) is 35.7. The molecule has 0 aromatic heterocycles. The molecule has 2 aromatic rings. The predicted octanol–water partition coefficient (Wildman–Crippen LogP) is 4.56. The Bertz CT molecular complexity index is 1020. The van der Waals surface area contributed by atoms with Gasteiger partial charge < -0.3 is 20.5 Å². The van der Waals surface area contributed by atoms with Crippen molar-refractivity contribution in [1.29, 1.82) is 0 Å². The van der Waals surface area contributed by atoms with Gasteiger partial charge in [0.1, 0.15) is 6.61 Å². The first kappa shape index (κ1) is 24.8. The molecule has 0 aliphatic heterocycles. The maximum Gasteiger partial charge on any atom is 0.407 e. The SMILES string of the molecule is CC(CCCNC(=O)OCC1c2ccccc2-c2ccccc21)C(=O)NCC(CC(=O)O)C1CC1. The van der Waals surface area contributed by atoms with Gasteiger partial charge in [-0.3, -0.25) is 9.59 Å². The fourth-order valence-electron chi connectivity index (χ4n) is 4.98. The Hall–Kier alpha value is -3.35. The first-order valence-corrected chi connectivity index (χ1v) is 12.5. The number of hydrogen-bond acceptors (Lipinski definition) is 4. The van der Waals surface area contributed by atoms with Crippen molar-refractivity contribution in [3.05, 3.63) is 59.7 Å². The zero-order valence-corrected chi connectivity index (χ0v) is 20.2. The second-order valence-electron chi connectivity index (χ2n) is 9.74. The third-order valence-electron chi connectivity index (χ3n) is 7.14. The second kappa shape index (κ2) is 11.4. The zero-order valence-electron chi connectivity index (χ0n) is 20.2. The highest BCUT2D eigenvalue weighted by atomic mass is 16.5. The van der Waals surface area contributed by atoms with Crippen LogP contribution in [0.3, 0.4) is 0 Å². The van der Waals surface area contributed by atoms with Crippen LogP contribution in [0, 0.1) is 17.8 Å². The predicted molar refractivity (Wildman–Crippen MR) is 133 cm³/mol. The molecule has 0 bridgehead atoms. The summed E-state index contributed by atoms with van der Waals surface area (Å²) in [5, 5.41) is 14.8. The number of ether oxygens (including phenoxy) is 1. The molecule has 7 nitrogen and oxygen atoms in total. The van der Waals surface area contributed by atoms with Crippen LogP contribution in [0.5, 0.6) is 0 Å². The molecule has 2 aromatic carbocycles. The summed E-state index contributed by atoms with van der Waals surface area (Å²) < 4.78 is 5.54. The Morgan fingerprint density at radius 3 is 2.23 bits per heavy atom. The molecule has 0 saturated heterocycles. The molecule has 0 spiro atoms. The van der Waals surface area contributed by atoms with Gasteiger partial charge in [-0.2, -0.15) is 0 Å². The molecular formula is C28H34N2O5. The van der Waals surface area contributed by atoms with Crippen molar-refractivity contribution in [3.8, 4) is 11.1 Å². The average molecular weight is 479 g/mol. The lowest BCUT2D eigenvalue weighted by Gasteiger charge is -2.17. The van der Waals surface area contributed by atoms with Crippen LogP contribution in [-0.2, 0) is 14.3 Å². The number of carboxylic acid groups (broad SMARTS) is 1. The van der Waals surface area contributed by atoms with Gasteiger partial charge in [-0.05, 0) is 59.8 Å². The van der Waals surface area contributed by atoms with Crippen molar-refractivity contribution in [2.45, 2.75) is 44.9 Å². The smallest absolute Gasteiger partial charge is 0.407 e. The monoisotopic (exact) mass is 478 g/mol. The van der Waals surface area contributed by atoms with Gasteiger partial charge in [0.2, 0.25) is 5.91 Å². The van der Waals surface area contributed by atoms with Gasteiger partial charge in [0.25, 0.3) is 0 Å². The second-order valence-corrected chi connectivity index (χ2v) is 9.74. The molecule has 2 amide bonds. The van der Waals surface area contributed by atoms with Gasteiger partial charge in [-0.1, -0.05) is 55.5 Å². The Morgan fingerprint density at radius 1 is 1.00 bits per heavy atom. The number of rotatable bonds is 12. The molecule has 0 heterocycles. The summed E-state index contributed by atoms with van der Waals surface area (Å²) in [5.74, 6) is -0.630. The Balaban J connectivity index is 1.15. The number of carboxylic acids is 1. The summed E-state index contributed by atoms with van der Waals surface area (Å²) in [6.07, 6.45) is 3.02. The van der Waals surface area contributed by atoms with Crippen LogP contribution >= 0.6 is 0 Å². The zero-order chi connectivity index (χ0) is 24.8. The molecule has 35 heavy (non-hydrogen) atoms. The highest BCUT2D eigenvalue weighted by Gasteiger charge is 2.33. The molecule has 3 N–H and O–H groups in total. The Labute approximate surface area is 206 Å². The van der Waals surface area contributed by atoms with Gasteiger partial charge in [0.15, 0.2) is 0 Å². The van der Waals surface area contributed by atoms with E-state index in [2.05, 4.69) is 34.9 Å². The van der Waals surface area contributed by atoms with Crippen LogP contribution in [0.25, 0.3) is 11.1 Å². The number of benzene rings is 2. The number of alkyl carbamates (subject to hydrolysis) is 1. The minimum Gasteiger partial charge on any atom is -0.481 e. The molecule has 2 aliphatic carbocycles. The lowest BCUT2D eigenvalue weighted by Crippen LogP contribution is -2.35. The molecule has 186 valence electrons. The largest absolute Gasteiger partial charge is 0.481 e. The molecule has 0 radical (unpaired) electrons. The first-order valence-electron chi connectivity index (χ1n) is 12.5. The summed E-state index contributed by atoms with van der Waals surface area (Å²) in [7, 11) is 0. The third kappa shape index (κ3) is 6.41. The molecule has 1 fully saturated rings. The normalized spacial score (nSPS) is 16.0. The van der Waals surface area contributed by atoms with Crippen molar-refractivity contribution in [2.75, 3.05) is 19.7 Å². The number of amides is 2. The van der Waals surface area contributed by atoms with Crippen molar-refractivity contribution in [3.63, 3.8) is 0 Å². The standard InChI is InChI=1S/C28H34N2O5/c1-18(27(33)30-16-20(15-26(31)32)19-12-13-19)7-6-14-29-28(34)35-17-25-23-10-4-2-8-21(23)22-9-3-5-11-24(22)25/h2-5,8-11,18-20,25H,6-7,12-17H2,1H3,(H,29,34)(H,30,33)(H,31,32). The van der Waals surface area contributed by atoms with Crippen LogP contribution in [-0.4, -0.2) is 42.8 Å². The van der Waals surface area contributed by atoms with Gasteiger partial charge in [0, 0.05) is 24.9 Å². The van der Waals surface area contributed by atoms with Gasteiger partial charge in [0.05, 0.1) is 6.42 Å². The van der Waals surface area contributed by atoms with E-state index in [1.165, 1.54) is 22.3 Å². The number of nitrogens with one attached hydrogen (secondary N) is 2. The fourth-order valence-corrected chi connectivity index (χ4v) is 4.98. The molecular weight excluding hydrogens is 444 g/mol. The fraction of sp³-hybridized carbons (Fsp3) is 0.464. The number of carbonyl (C=O) groups excluding carboxylic acids is 2. The highest BCUT2D eigenvalue weighted by Crippen LogP contribution is 2.44. The summed E-state index contributed by atoms with van der Waals surface area (Å²) in [5.41, 5.74) is 4.73. The number of aliphatic carboxylic acids is 1. The van der Waals surface area contributed by atoms with E-state index in [1.54, 1.807) is 0 Å². The Morgan fingerprint density at radius 2 is 1.63 bits per heavy atom. The number of fused-ring (bicyclic) bond motifs is 3. The lowest BCUT2D eigenvalue weighted by atomic mass is 9.98. The molecule has 4 rings (SSSR count). The van der Waals surface area contributed by atoms with E-state index >= 15 is 0 Å². The van der Waals surface area contributed by atoms with E-state index < -0.39 is 12.1 Å². The van der Waals surface area contributed by atoms with Crippen LogP contribution in [0.1, 0.15) is 56.1 Å². The van der Waals surface area contributed by atoms with E-state index in [1.807, 2.05) is 31.2 Å². The van der Waals surface area contributed by atoms with Gasteiger partial charge in [-0.25, -0.2) is 4.79 Å². The number of hydrogen-bond donors (Lipinski definition) is 3. The highest BCUT2D eigenvalue weighted by molar-refractivity contribution is 5.79. The van der Waals surface area contributed by atoms with E-state index in [-0.39, 0.29) is 36.7 Å². The molecule has 2 aliphatic rings. The van der Waals surface area contributed by atoms with Crippen LogP contribution < -0.4 is 10.6 Å². The van der Waals surface area contributed by atoms with Crippen LogP contribution in [0.4, 0.5) is 4.79 Å². The van der Waals surface area contributed by atoms with Gasteiger partial charge >= 0.3 is 12.1 Å². The van der Waals surface area contributed by atoms with Crippen molar-refractivity contribution >= 4 is 18.0 Å². The summed E-state index contributed by atoms with van der Waals surface area (Å²) in [6.45, 7) is 2.97. The van der Waals surface area contributed by atoms with Crippen molar-refractivity contribution < 1.29 is 24.2 Å². The third-order valence-corrected chi connectivity index (χ3v) is 7.14. The number of carbonyl (C=O) groups is 3. The van der Waals surface area contributed by atoms with Crippen LogP contribution in [0.15, 0.2) is 48.5 Å². The van der Waals surface area contributed by atoms with Gasteiger partial charge in [-0.15, -0.1) is 0 Å². The maximum absolute atomic E-state index is 12.4. The maximum atomic E-state index is 12.4. The Kier molecular flexibility index (Phi) is 8.06. The van der Waals surface area contributed by atoms with E-state index in [0.717, 1.165) is 12.8 Å².